The van der Waals surface area contributed by atoms with Gasteiger partial charge in [0.25, 0.3) is 0 Å². The molecule has 0 heterocycles. The fourth-order valence-corrected chi connectivity index (χ4v) is 4.07. The van der Waals surface area contributed by atoms with E-state index in [2.05, 4.69) is 6.92 Å². The summed E-state index contributed by atoms with van der Waals surface area (Å²) in [5.74, 6) is 1.29. The fraction of sp³-hybridized carbons (Fsp3) is 0.923. The highest BCUT2D eigenvalue weighted by atomic mass is 16.5. The van der Waals surface area contributed by atoms with Crippen LogP contribution < -0.4 is 0 Å². The summed E-state index contributed by atoms with van der Waals surface area (Å²) in [5, 5.41) is 0. The lowest BCUT2D eigenvalue weighted by molar-refractivity contribution is -0.126. The number of Topliss-reactive ketones (excluding diaryl/α,β-unsaturated/α-hetero) is 1. The zero-order chi connectivity index (χ0) is 11.1. The van der Waals surface area contributed by atoms with Gasteiger partial charge in [-0.25, -0.2) is 0 Å². The highest BCUT2D eigenvalue weighted by molar-refractivity contribution is 5.79. The predicted octanol–water partition coefficient (Wildman–Crippen LogP) is 2.81. The third-order valence-electron chi connectivity index (χ3n) is 4.86. The number of methoxy groups -OCH3 is 1. The molecule has 0 N–H and O–H groups in total. The second kappa shape index (κ2) is 3.89. The zero-order valence-corrected chi connectivity index (χ0v) is 10.1. The Hall–Kier alpha value is -0.370. The molecule has 2 saturated carbocycles. The quantitative estimate of drug-likeness (QED) is 0.700. The molecule has 0 radical (unpaired) electrons. The lowest BCUT2D eigenvalue weighted by Crippen LogP contribution is -2.42. The number of hydrogen-bond acceptors (Lipinski definition) is 2. The molecule has 0 aromatic carbocycles. The number of fused-ring (bicyclic) bond motifs is 1. The maximum atomic E-state index is 11.7. The van der Waals surface area contributed by atoms with Gasteiger partial charge in [-0.15, -0.1) is 0 Å². The lowest BCUT2D eigenvalue weighted by atomic mass is 9.63. The molecule has 2 aliphatic carbocycles. The average molecular weight is 210 g/mol. The first kappa shape index (κ1) is 11.1. The normalized spacial score (nSPS) is 45.1. The van der Waals surface area contributed by atoms with Crippen molar-refractivity contribution in [2.24, 2.45) is 17.3 Å². The summed E-state index contributed by atoms with van der Waals surface area (Å²) in [6.45, 7) is 4.07. The van der Waals surface area contributed by atoms with Crippen LogP contribution in [0.5, 0.6) is 0 Å². The lowest BCUT2D eigenvalue weighted by Gasteiger charge is -2.43. The van der Waals surface area contributed by atoms with E-state index in [1.807, 2.05) is 7.11 Å². The van der Waals surface area contributed by atoms with Gasteiger partial charge in [0, 0.05) is 13.0 Å². The van der Waals surface area contributed by atoms with Crippen LogP contribution in [-0.2, 0) is 9.53 Å². The molecule has 15 heavy (non-hydrogen) atoms. The first-order chi connectivity index (χ1) is 7.09. The van der Waals surface area contributed by atoms with Crippen molar-refractivity contribution in [2.75, 3.05) is 7.11 Å². The van der Waals surface area contributed by atoms with Crippen LogP contribution in [0, 0.1) is 17.3 Å². The van der Waals surface area contributed by atoms with Gasteiger partial charge in [-0.05, 0) is 43.9 Å². The Morgan fingerprint density at radius 3 is 2.67 bits per heavy atom. The Bertz CT molecular complexity index is 261. The molecule has 0 saturated heterocycles. The summed E-state index contributed by atoms with van der Waals surface area (Å²) in [4.78, 5) is 11.7. The smallest absolute Gasteiger partial charge is 0.133 e. The van der Waals surface area contributed by atoms with E-state index >= 15 is 0 Å². The van der Waals surface area contributed by atoms with Crippen molar-refractivity contribution < 1.29 is 9.53 Å². The molecule has 0 aromatic rings. The summed E-state index contributed by atoms with van der Waals surface area (Å²) >= 11 is 0. The van der Waals surface area contributed by atoms with Crippen molar-refractivity contribution in [1.29, 1.82) is 0 Å². The molecule has 0 aliphatic heterocycles. The second-order valence-electron chi connectivity index (χ2n) is 5.52. The molecular formula is C13H22O2. The number of carbonyl (C=O) groups is 1. The molecule has 0 amide bonds. The molecule has 86 valence electrons. The van der Waals surface area contributed by atoms with E-state index < -0.39 is 0 Å². The fourth-order valence-electron chi connectivity index (χ4n) is 4.07. The highest BCUT2D eigenvalue weighted by Crippen LogP contribution is 2.56. The van der Waals surface area contributed by atoms with E-state index in [9.17, 15) is 4.79 Å². The standard InChI is InChI=1S/C13H22O2/c1-9(14)10-6-7-11-12(15-3)5-4-8-13(10,11)2/h10-12H,4-8H2,1-3H3. The first-order valence-electron chi connectivity index (χ1n) is 6.13. The summed E-state index contributed by atoms with van der Waals surface area (Å²) in [6.07, 6.45) is 6.27. The third-order valence-corrected chi connectivity index (χ3v) is 4.86. The van der Waals surface area contributed by atoms with Gasteiger partial charge in [0.05, 0.1) is 6.10 Å². The molecule has 2 nitrogen and oxygen atoms in total. The molecular weight excluding hydrogens is 188 g/mol. The molecule has 2 fully saturated rings. The number of ketones is 1. The zero-order valence-electron chi connectivity index (χ0n) is 10.1. The highest BCUT2D eigenvalue weighted by Gasteiger charge is 2.52. The Labute approximate surface area is 92.4 Å². The van der Waals surface area contributed by atoms with Crippen molar-refractivity contribution in [1.82, 2.24) is 0 Å². The van der Waals surface area contributed by atoms with Crippen LogP contribution >= 0.6 is 0 Å². The van der Waals surface area contributed by atoms with Gasteiger partial charge in [0.1, 0.15) is 5.78 Å². The van der Waals surface area contributed by atoms with Gasteiger partial charge < -0.3 is 4.74 Å². The Morgan fingerprint density at radius 1 is 1.33 bits per heavy atom. The van der Waals surface area contributed by atoms with Gasteiger partial charge in [-0.1, -0.05) is 13.3 Å². The van der Waals surface area contributed by atoms with E-state index in [4.69, 9.17) is 4.74 Å². The van der Waals surface area contributed by atoms with Crippen LogP contribution in [0.25, 0.3) is 0 Å². The first-order valence-corrected chi connectivity index (χ1v) is 6.13. The number of ether oxygens (including phenoxy) is 1. The van der Waals surface area contributed by atoms with Crippen LogP contribution in [0.15, 0.2) is 0 Å². The van der Waals surface area contributed by atoms with E-state index in [1.54, 1.807) is 6.92 Å². The van der Waals surface area contributed by atoms with Crippen molar-refractivity contribution >= 4 is 5.78 Å². The van der Waals surface area contributed by atoms with Gasteiger partial charge >= 0.3 is 0 Å². The van der Waals surface area contributed by atoms with Crippen LogP contribution in [0.2, 0.25) is 0 Å². The van der Waals surface area contributed by atoms with Gasteiger partial charge in [0.15, 0.2) is 0 Å². The van der Waals surface area contributed by atoms with E-state index in [0.29, 0.717) is 23.7 Å². The van der Waals surface area contributed by atoms with Crippen LogP contribution in [0.3, 0.4) is 0 Å². The maximum Gasteiger partial charge on any atom is 0.133 e. The molecule has 2 aliphatic rings. The third kappa shape index (κ3) is 1.63. The molecule has 0 aromatic heterocycles. The topological polar surface area (TPSA) is 26.3 Å². The molecule has 0 spiro atoms. The summed E-state index contributed by atoms with van der Waals surface area (Å²) in [7, 11) is 1.82. The SMILES string of the molecule is COC1CCCC2(C)C(C(C)=O)CCC12. The van der Waals surface area contributed by atoms with Gasteiger partial charge in [-0.2, -0.15) is 0 Å². The van der Waals surface area contributed by atoms with E-state index in [0.717, 1.165) is 6.42 Å². The monoisotopic (exact) mass is 210 g/mol. The average Bonchev–Trinajstić information content (AvgIpc) is 2.54. The summed E-state index contributed by atoms with van der Waals surface area (Å²) in [6, 6.07) is 0. The van der Waals surface area contributed by atoms with E-state index in [-0.39, 0.29) is 5.41 Å². The molecule has 2 heteroatoms. The predicted molar refractivity (Wildman–Crippen MR) is 59.7 cm³/mol. The molecule has 4 unspecified atom stereocenters. The van der Waals surface area contributed by atoms with Crippen LogP contribution in [-0.4, -0.2) is 19.0 Å². The minimum atomic E-state index is 0.227. The Balaban J connectivity index is 2.22. The van der Waals surface area contributed by atoms with Gasteiger partial charge in [-0.3, -0.25) is 4.79 Å². The van der Waals surface area contributed by atoms with Crippen molar-refractivity contribution in [2.45, 2.75) is 52.1 Å². The minimum Gasteiger partial charge on any atom is -0.381 e. The largest absolute Gasteiger partial charge is 0.381 e. The summed E-state index contributed by atoms with van der Waals surface area (Å²) < 4.78 is 5.59. The van der Waals surface area contributed by atoms with Crippen LogP contribution in [0.1, 0.15) is 46.0 Å². The van der Waals surface area contributed by atoms with E-state index in [1.165, 1.54) is 25.7 Å². The van der Waals surface area contributed by atoms with Crippen molar-refractivity contribution in [3.8, 4) is 0 Å². The number of hydrogen-bond donors (Lipinski definition) is 0. The minimum absolute atomic E-state index is 0.227. The van der Waals surface area contributed by atoms with Crippen molar-refractivity contribution in [3.05, 3.63) is 0 Å². The number of carbonyl (C=O) groups excluding carboxylic acids is 1. The molecule has 4 atom stereocenters. The summed E-state index contributed by atoms with van der Waals surface area (Å²) in [5.41, 5.74) is 0.227. The van der Waals surface area contributed by atoms with Crippen molar-refractivity contribution in [3.63, 3.8) is 0 Å². The second-order valence-corrected chi connectivity index (χ2v) is 5.52. The maximum absolute atomic E-state index is 11.7. The Kier molecular flexibility index (Phi) is 2.89. The van der Waals surface area contributed by atoms with Crippen LogP contribution in [0.4, 0.5) is 0 Å². The number of rotatable bonds is 2. The van der Waals surface area contributed by atoms with Gasteiger partial charge in [0.2, 0.25) is 0 Å². The molecule has 2 rings (SSSR count). The Morgan fingerprint density at radius 2 is 2.07 bits per heavy atom. The molecule has 0 bridgehead atoms.